The number of anilines is 2. The lowest BCUT2D eigenvalue weighted by Crippen LogP contribution is -2.14. The van der Waals surface area contributed by atoms with Gasteiger partial charge in [0.1, 0.15) is 0 Å². The second-order valence-corrected chi connectivity index (χ2v) is 7.19. The summed E-state index contributed by atoms with van der Waals surface area (Å²) in [5, 5.41) is 5.38. The standard InChI is InChI=1S/C14H16BrN3OS/c1-14(2,3)11-7-20-13(17-11)18-12(19)8-4-5-10(16)9(15)6-8/h4-7H,16H2,1-3H3,(H,17,18,19). The third-order valence-electron chi connectivity index (χ3n) is 2.76. The number of nitrogens with one attached hydrogen (secondary N) is 1. The van der Waals surface area contributed by atoms with Gasteiger partial charge in [0, 0.05) is 26.5 Å². The lowest BCUT2D eigenvalue weighted by Gasteiger charge is -2.14. The zero-order chi connectivity index (χ0) is 14.9. The molecule has 0 atom stereocenters. The summed E-state index contributed by atoms with van der Waals surface area (Å²) in [5.74, 6) is -0.194. The first kappa shape index (κ1) is 15.0. The van der Waals surface area contributed by atoms with E-state index in [-0.39, 0.29) is 11.3 Å². The van der Waals surface area contributed by atoms with E-state index in [9.17, 15) is 4.79 Å². The molecule has 0 aliphatic carbocycles. The molecule has 0 aliphatic rings. The fourth-order valence-electron chi connectivity index (χ4n) is 1.51. The van der Waals surface area contributed by atoms with Gasteiger partial charge >= 0.3 is 0 Å². The number of hydrogen-bond donors (Lipinski definition) is 2. The highest BCUT2D eigenvalue weighted by Crippen LogP contribution is 2.27. The molecule has 4 nitrogen and oxygen atoms in total. The van der Waals surface area contributed by atoms with Crippen LogP contribution in [0.5, 0.6) is 0 Å². The third-order valence-corrected chi connectivity index (χ3v) is 4.20. The van der Waals surface area contributed by atoms with Crippen LogP contribution in [0.25, 0.3) is 0 Å². The number of amides is 1. The van der Waals surface area contributed by atoms with Crippen LogP contribution in [0.2, 0.25) is 0 Å². The first-order valence-electron chi connectivity index (χ1n) is 6.10. The zero-order valence-corrected chi connectivity index (χ0v) is 13.9. The second-order valence-electron chi connectivity index (χ2n) is 5.48. The number of carbonyl (C=O) groups excluding carboxylic acids is 1. The largest absolute Gasteiger partial charge is 0.398 e. The number of halogens is 1. The minimum Gasteiger partial charge on any atom is -0.398 e. The first-order chi connectivity index (χ1) is 9.27. The van der Waals surface area contributed by atoms with Gasteiger partial charge in [0.25, 0.3) is 5.91 Å². The molecule has 20 heavy (non-hydrogen) atoms. The highest BCUT2D eigenvalue weighted by Gasteiger charge is 2.18. The van der Waals surface area contributed by atoms with Crippen LogP contribution in [0.1, 0.15) is 36.8 Å². The average molecular weight is 354 g/mol. The van der Waals surface area contributed by atoms with E-state index in [1.165, 1.54) is 11.3 Å². The summed E-state index contributed by atoms with van der Waals surface area (Å²) < 4.78 is 0.708. The maximum absolute atomic E-state index is 12.1. The molecule has 2 aromatic rings. The van der Waals surface area contributed by atoms with E-state index in [1.54, 1.807) is 18.2 Å². The van der Waals surface area contributed by atoms with Crippen molar-refractivity contribution in [3.63, 3.8) is 0 Å². The third kappa shape index (κ3) is 3.37. The van der Waals surface area contributed by atoms with Crippen molar-refractivity contribution in [2.75, 3.05) is 11.1 Å². The monoisotopic (exact) mass is 353 g/mol. The van der Waals surface area contributed by atoms with Crippen LogP contribution in [0.3, 0.4) is 0 Å². The Morgan fingerprint density at radius 3 is 2.65 bits per heavy atom. The molecule has 0 aliphatic heterocycles. The molecule has 0 bridgehead atoms. The van der Waals surface area contributed by atoms with Crippen LogP contribution in [0.15, 0.2) is 28.1 Å². The van der Waals surface area contributed by atoms with E-state index >= 15 is 0 Å². The van der Waals surface area contributed by atoms with Gasteiger partial charge in [-0.1, -0.05) is 20.8 Å². The highest BCUT2D eigenvalue weighted by atomic mass is 79.9. The van der Waals surface area contributed by atoms with Crippen LogP contribution < -0.4 is 11.1 Å². The van der Waals surface area contributed by atoms with Crippen molar-refractivity contribution in [2.45, 2.75) is 26.2 Å². The lowest BCUT2D eigenvalue weighted by molar-refractivity contribution is 0.102. The van der Waals surface area contributed by atoms with E-state index in [0.29, 0.717) is 20.9 Å². The highest BCUT2D eigenvalue weighted by molar-refractivity contribution is 9.10. The van der Waals surface area contributed by atoms with E-state index in [0.717, 1.165) is 5.69 Å². The first-order valence-corrected chi connectivity index (χ1v) is 7.77. The molecule has 0 saturated heterocycles. The van der Waals surface area contributed by atoms with Crippen LogP contribution in [-0.4, -0.2) is 10.9 Å². The quantitative estimate of drug-likeness (QED) is 0.800. The van der Waals surface area contributed by atoms with E-state index in [2.05, 4.69) is 47.0 Å². The van der Waals surface area contributed by atoms with Crippen molar-refractivity contribution in [3.8, 4) is 0 Å². The summed E-state index contributed by atoms with van der Waals surface area (Å²) in [5.41, 5.74) is 7.79. The van der Waals surface area contributed by atoms with Crippen molar-refractivity contribution in [3.05, 3.63) is 39.3 Å². The summed E-state index contributed by atoms with van der Waals surface area (Å²) in [7, 11) is 0. The van der Waals surface area contributed by atoms with Gasteiger partial charge in [-0.15, -0.1) is 11.3 Å². The number of carbonyl (C=O) groups is 1. The number of nitrogens with zero attached hydrogens (tertiary/aromatic N) is 1. The molecule has 0 fully saturated rings. The van der Waals surface area contributed by atoms with Gasteiger partial charge in [-0.25, -0.2) is 4.98 Å². The Morgan fingerprint density at radius 2 is 2.10 bits per heavy atom. The number of rotatable bonds is 2. The summed E-state index contributed by atoms with van der Waals surface area (Å²) in [6, 6.07) is 5.08. The smallest absolute Gasteiger partial charge is 0.257 e. The topological polar surface area (TPSA) is 68.0 Å². The second kappa shape index (κ2) is 5.54. The van der Waals surface area contributed by atoms with Gasteiger partial charge in [0.05, 0.1) is 5.69 Å². The van der Waals surface area contributed by atoms with Gasteiger partial charge in [0.15, 0.2) is 5.13 Å². The Kier molecular flexibility index (Phi) is 4.15. The molecular weight excluding hydrogens is 338 g/mol. The molecule has 1 amide bonds. The van der Waals surface area contributed by atoms with Crippen molar-refractivity contribution in [1.82, 2.24) is 4.98 Å². The summed E-state index contributed by atoms with van der Waals surface area (Å²) >= 11 is 4.74. The molecule has 2 rings (SSSR count). The lowest BCUT2D eigenvalue weighted by atomic mass is 9.93. The van der Waals surface area contributed by atoms with Crippen molar-refractivity contribution < 1.29 is 4.79 Å². The van der Waals surface area contributed by atoms with E-state index in [1.807, 2.05) is 5.38 Å². The Labute approximate surface area is 130 Å². The summed E-state index contributed by atoms with van der Waals surface area (Å²) in [6.45, 7) is 6.26. The van der Waals surface area contributed by atoms with Gasteiger partial charge in [-0.05, 0) is 34.1 Å². The Morgan fingerprint density at radius 1 is 1.40 bits per heavy atom. The molecule has 0 saturated carbocycles. The SMILES string of the molecule is CC(C)(C)c1csc(NC(=O)c2ccc(N)c(Br)c2)n1. The molecule has 1 aromatic carbocycles. The summed E-state index contributed by atoms with van der Waals surface area (Å²) in [4.78, 5) is 16.6. The van der Waals surface area contributed by atoms with Crippen molar-refractivity contribution >= 4 is 44.0 Å². The normalized spacial score (nSPS) is 11.4. The predicted molar refractivity (Wildman–Crippen MR) is 87.3 cm³/mol. The summed E-state index contributed by atoms with van der Waals surface area (Å²) in [6.07, 6.45) is 0. The van der Waals surface area contributed by atoms with Gasteiger partial charge in [-0.2, -0.15) is 0 Å². The van der Waals surface area contributed by atoms with Crippen LogP contribution in [0, 0.1) is 0 Å². The Hall–Kier alpha value is -1.40. The van der Waals surface area contributed by atoms with E-state index in [4.69, 9.17) is 5.73 Å². The fraction of sp³-hybridized carbons (Fsp3) is 0.286. The maximum Gasteiger partial charge on any atom is 0.257 e. The van der Waals surface area contributed by atoms with E-state index < -0.39 is 0 Å². The Bertz CT molecular complexity index is 646. The van der Waals surface area contributed by atoms with Crippen LogP contribution in [0.4, 0.5) is 10.8 Å². The molecule has 6 heteroatoms. The van der Waals surface area contributed by atoms with Gasteiger partial charge in [-0.3, -0.25) is 10.1 Å². The molecule has 1 heterocycles. The molecule has 1 aromatic heterocycles. The minimum absolute atomic E-state index is 0.0241. The maximum atomic E-state index is 12.1. The molecule has 106 valence electrons. The number of hydrogen-bond acceptors (Lipinski definition) is 4. The van der Waals surface area contributed by atoms with Crippen molar-refractivity contribution in [1.29, 1.82) is 0 Å². The number of thiazole rings is 1. The number of aromatic nitrogens is 1. The average Bonchev–Trinajstić information content (AvgIpc) is 2.81. The van der Waals surface area contributed by atoms with Gasteiger partial charge in [0.2, 0.25) is 0 Å². The molecule has 0 radical (unpaired) electrons. The predicted octanol–water partition coefficient (Wildman–Crippen LogP) is 4.04. The Balaban J connectivity index is 2.15. The zero-order valence-electron chi connectivity index (χ0n) is 11.5. The fourth-order valence-corrected chi connectivity index (χ4v) is 2.82. The van der Waals surface area contributed by atoms with Crippen LogP contribution in [-0.2, 0) is 5.41 Å². The molecule has 3 N–H and O–H groups in total. The molecule has 0 unspecified atom stereocenters. The number of nitrogen functional groups attached to an aromatic ring is 1. The number of nitrogens with two attached hydrogens (primary N) is 1. The van der Waals surface area contributed by atoms with Crippen LogP contribution >= 0.6 is 27.3 Å². The molecular formula is C14H16BrN3OS. The minimum atomic E-state index is -0.194. The number of benzene rings is 1. The molecule has 0 spiro atoms. The van der Waals surface area contributed by atoms with Crippen molar-refractivity contribution in [2.24, 2.45) is 0 Å². The van der Waals surface area contributed by atoms with Gasteiger partial charge < -0.3 is 5.73 Å².